The Balaban J connectivity index is 1.73. The van der Waals surface area contributed by atoms with Gasteiger partial charge in [-0.15, -0.1) is 0 Å². The molecule has 6 heteroatoms. The molecule has 1 saturated heterocycles. The number of rotatable bonds is 3. The van der Waals surface area contributed by atoms with Crippen molar-refractivity contribution in [1.82, 2.24) is 15.2 Å². The van der Waals surface area contributed by atoms with Gasteiger partial charge < -0.3 is 0 Å². The zero-order chi connectivity index (χ0) is 13.3. The van der Waals surface area contributed by atoms with E-state index in [0.717, 1.165) is 17.8 Å². The van der Waals surface area contributed by atoms with E-state index < -0.39 is 9.84 Å². The number of hydrogen-bond donors (Lipinski definition) is 1. The third-order valence-electron chi connectivity index (χ3n) is 3.37. The first-order chi connectivity index (χ1) is 9.12. The maximum absolute atomic E-state index is 11.4. The fraction of sp³-hybridized carbons (Fsp3) is 0.385. The molecule has 0 saturated carbocycles. The number of hydrogen-bond acceptors (Lipinski definition) is 4. The van der Waals surface area contributed by atoms with E-state index in [1.165, 1.54) is 0 Å². The third kappa shape index (κ3) is 2.84. The van der Waals surface area contributed by atoms with Crippen LogP contribution in [0.1, 0.15) is 12.2 Å². The van der Waals surface area contributed by atoms with Crippen LogP contribution in [0.5, 0.6) is 0 Å². The average Bonchev–Trinajstić information content (AvgIpc) is 2.98. The molecular formula is C13H15N3O2S. The summed E-state index contributed by atoms with van der Waals surface area (Å²) in [7, 11) is -2.82. The summed E-state index contributed by atoms with van der Waals surface area (Å²) in [5.41, 5.74) is 0.962. The standard InChI is InChI=1S/C13H15N3O2S/c17-19(18)7-6-10(9-19)8-12-14-13(16-15-12)11-4-2-1-3-5-11/h1-5,10H,6-9H2,(H,14,15,16). The van der Waals surface area contributed by atoms with Crippen LogP contribution in [0.4, 0.5) is 0 Å². The van der Waals surface area contributed by atoms with Gasteiger partial charge in [0.2, 0.25) is 0 Å². The SMILES string of the molecule is O=S1(=O)CCC(Cc2nc(-c3ccccc3)n[nH]2)C1. The van der Waals surface area contributed by atoms with Gasteiger partial charge in [-0.05, 0) is 12.3 Å². The zero-order valence-corrected chi connectivity index (χ0v) is 11.2. The van der Waals surface area contributed by atoms with Gasteiger partial charge >= 0.3 is 0 Å². The van der Waals surface area contributed by atoms with Crippen LogP contribution in [0, 0.1) is 5.92 Å². The van der Waals surface area contributed by atoms with Gasteiger partial charge in [-0.3, -0.25) is 5.10 Å². The Morgan fingerprint density at radius 3 is 2.74 bits per heavy atom. The molecule has 2 aromatic rings. The lowest BCUT2D eigenvalue weighted by molar-refractivity contribution is 0.570. The first-order valence-electron chi connectivity index (χ1n) is 6.29. The van der Waals surface area contributed by atoms with Gasteiger partial charge in [0.05, 0.1) is 11.5 Å². The Kier molecular flexibility index (Phi) is 3.10. The van der Waals surface area contributed by atoms with E-state index in [2.05, 4.69) is 15.2 Å². The second-order valence-corrected chi connectivity index (χ2v) is 7.17. The molecule has 19 heavy (non-hydrogen) atoms. The normalized spacial score (nSPS) is 21.6. The number of nitrogens with one attached hydrogen (secondary N) is 1. The van der Waals surface area contributed by atoms with Crippen molar-refractivity contribution in [3.63, 3.8) is 0 Å². The minimum atomic E-state index is -2.82. The number of benzene rings is 1. The summed E-state index contributed by atoms with van der Waals surface area (Å²) in [6.45, 7) is 0. The van der Waals surface area contributed by atoms with Gasteiger partial charge in [0.25, 0.3) is 0 Å². The maximum atomic E-state index is 11.4. The van der Waals surface area contributed by atoms with Crippen LogP contribution >= 0.6 is 0 Å². The smallest absolute Gasteiger partial charge is 0.181 e. The first kappa shape index (κ1) is 12.3. The average molecular weight is 277 g/mol. The molecule has 0 aliphatic carbocycles. The highest BCUT2D eigenvalue weighted by atomic mass is 32.2. The molecule has 0 radical (unpaired) electrons. The van der Waals surface area contributed by atoms with Gasteiger partial charge in [-0.1, -0.05) is 30.3 Å². The molecular weight excluding hydrogens is 262 g/mol. The van der Waals surface area contributed by atoms with E-state index in [0.29, 0.717) is 18.0 Å². The highest BCUT2D eigenvalue weighted by molar-refractivity contribution is 7.91. The first-order valence-corrected chi connectivity index (χ1v) is 8.12. The summed E-state index contributed by atoms with van der Waals surface area (Å²) < 4.78 is 22.8. The second-order valence-electron chi connectivity index (χ2n) is 4.94. The Morgan fingerprint density at radius 2 is 2.05 bits per heavy atom. The topological polar surface area (TPSA) is 75.7 Å². The molecule has 1 unspecified atom stereocenters. The van der Waals surface area contributed by atoms with Crippen LogP contribution in [0.2, 0.25) is 0 Å². The van der Waals surface area contributed by atoms with Gasteiger partial charge in [-0.25, -0.2) is 13.4 Å². The predicted molar refractivity (Wildman–Crippen MR) is 72.3 cm³/mol. The summed E-state index contributed by atoms with van der Waals surface area (Å²) >= 11 is 0. The molecule has 0 amide bonds. The molecule has 1 aliphatic heterocycles. The number of sulfone groups is 1. The van der Waals surface area contributed by atoms with Gasteiger partial charge in [0, 0.05) is 12.0 Å². The Labute approximate surface area is 112 Å². The van der Waals surface area contributed by atoms with Gasteiger partial charge in [-0.2, -0.15) is 5.10 Å². The van der Waals surface area contributed by atoms with Crippen molar-refractivity contribution in [2.75, 3.05) is 11.5 Å². The molecule has 0 bridgehead atoms. The lowest BCUT2D eigenvalue weighted by atomic mass is 10.1. The summed E-state index contributed by atoms with van der Waals surface area (Å²) in [6.07, 6.45) is 1.38. The van der Waals surface area contributed by atoms with Crippen LogP contribution in [0.15, 0.2) is 30.3 Å². The molecule has 1 fully saturated rings. The van der Waals surface area contributed by atoms with Crippen LogP contribution in [0.3, 0.4) is 0 Å². The molecule has 0 spiro atoms. The van der Waals surface area contributed by atoms with Crippen LogP contribution in [-0.4, -0.2) is 35.1 Å². The predicted octanol–water partition coefficient (Wildman–Crippen LogP) is 1.45. The Morgan fingerprint density at radius 1 is 1.26 bits per heavy atom. The number of H-pyrrole nitrogens is 1. The number of aromatic amines is 1. The monoisotopic (exact) mass is 277 g/mol. The van der Waals surface area contributed by atoms with Crippen LogP contribution in [-0.2, 0) is 16.3 Å². The van der Waals surface area contributed by atoms with Crippen LogP contribution in [0.25, 0.3) is 11.4 Å². The molecule has 100 valence electrons. The van der Waals surface area contributed by atoms with Crippen molar-refractivity contribution in [3.05, 3.63) is 36.2 Å². The summed E-state index contributed by atoms with van der Waals surface area (Å²) in [6, 6.07) is 9.73. The summed E-state index contributed by atoms with van der Waals surface area (Å²) in [4.78, 5) is 4.43. The van der Waals surface area contributed by atoms with Crippen molar-refractivity contribution < 1.29 is 8.42 Å². The molecule has 1 N–H and O–H groups in total. The third-order valence-corrected chi connectivity index (χ3v) is 5.21. The molecule has 1 aliphatic rings. The molecule has 2 heterocycles. The minimum absolute atomic E-state index is 0.168. The van der Waals surface area contributed by atoms with E-state index >= 15 is 0 Å². The second kappa shape index (κ2) is 4.77. The zero-order valence-electron chi connectivity index (χ0n) is 10.4. The van der Waals surface area contributed by atoms with Crippen molar-refractivity contribution >= 4 is 9.84 Å². The molecule has 3 rings (SSSR count). The fourth-order valence-electron chi connectivity index (χ4n) is 2.41. The van der Waals surface area contributed by atoms with Gasteiger partial charge in [0.1, 0.15) is 5.82 Å². The Bertz CT molecular complexity index is 664. The fourth-order valence-corrected chi connectivity index (χ4v) is 4.27. The minimum Gasteiger partial charge on any atom is -0.263 e. The highest BCUT2D eigenvalue weighted by Gasteiger charge is 2.28. The molecule has 5 nitrogen and oxygen atoms in total. The lowest BCUT2D eigenvalue weighted by Gasteiger charge is -2.02. The highest BCUT2D eigenvalue weighted by Crippen LogP contribution is 2.22. The largest absolute Gasteiger partial charge is 0.263 e. The lowest BCUT2D eigenvalue weighted by Crippen LogP contribution is -2.08. The molecule has 1 aromatic heterocycles. The quantitative estimate of drug-likeness (QED) is 0.921. The maximum Gasteiger partial charge on any atom is 0.181 e. The molecule has 1 atom stereocenters. The van der Waals surface area contributed by atoms with E-state index in [9.17, 15) is 8.42 Å². The van der Waals surface area contributed by atoms with E-state index in [4.69, 9.17) is 0 Å². The Hall–Kier alpha value is -1.69. The summed E-state index contributed by atoms with van der Waals surface area (Å²) in [5.74, 6) is 2.17. The van der Waals surface area contributed by atoms with E-state index in [1.807, 2.05) is 30.3 Å². The summed E-state index contributed by atoms with van der Waals surface area (Å²) in [5, 5.41) is 7.08. The van der Waals surface area contributed by atoms with Crippen molar-refractivity contribution in [3.8, 4) is 11.4 Å². The molecule has 1 aromatic carbocycles. The van der Waals surface area contributed by atoms with Crippen molar-refractivity contribution in [1.29, 1.82) is 0 Å². The van der Waals surface area contributed by atoms with E-state index in [1.54, 1.807) is 0 Å². The van der Waals surface area contributed by atoms with Crippen LogP contribution < -0.4 is 0 Å². The number of nitrogens with zero attached hydrogens (tertiary/aromatic N) is 2. The van der Waals surface area contributed by atoms with Gasteiger partial charge in [0.15, 0.2) is 15.7 Å². The van der Waals surface area contributed by atoms with Crippen molar-refractivity contribution in [2.45, 2.75) is 12.8 Å². The van der Waals surface area contributed by atoms with Crippen molar-refractivity contribution in [2.24, 2.45) is 5.92 Å². The number of aromatic nitrogens is 3. The van der Waals surface area contributed by atoms with E-state index in [-0.39, 0.29) is 11.7 Å².